The van der Waals surface area contributed by atoms with Crippen molar-refractivity contribution < 1.29 is 9.53 Å². The van der Waals surface area contributed by atoms with Crippen LogP contribution in [0.4, 0.5) is 5.95 Å². The molecule has 5 nitrogen and oxygen atoms in total. The zero-order chi connectivity index (χ0) is 13.8. The maximum Gasteiger partial charge on any atom is 0.259 e. The van der Waals surface area contributed by atoms with Gasteiger partial charge in [-0.25, -0.2) is 9.97 Å². The highest BCUT2D eigenvalue weighted by molar-refractivity contribution is 6.37. The van der Waals surface area contributed by atoms with Gasteiger partial charge >= 0.3 is 0 Å². The van der Waals surface area contributed by atoms with Crippen molar-refractivity contribution in [3.63, 3.8) is 0 Å². The number of carbonyl (C=O) groups excluding carboxylic acids is 1. The van der Waals surface area contributed by atoms with E-state index in [9.17, 15) is 4.79 Å². The highest BCUT2D eigenvalue weighted by Crippen LogP contribution is 2.31. The number of methoxy groups -OCH3 is 1. The molecule has 0 saturated heterocycles. The highest BCUT2D eigenvalue weighted by atomic mass is 35.5. The van der Waals surface area contributed by atoms with Crippen molar-refractivity contribution in [1.82, 2.24) is 9.97 Å². The number of hydrogen-bond donors (Lipinski definition) is 1. The molecule has 0 spiro atoms. The summed E-state index contributed by atoms with van der Waals surface area (Å²) in [5.41, 5.74) is 0.222. The molecule has 0 aliphatic rings. The summed E-state index contributed by atoms with van der Waals surface area (Å²) in [6.07, 6.45) is 3.04. The van der Waals surface area contributed by atoms with Crippen LogP contribution in [0.25, 0.3) is 0 Å². The molecule has 0 aliphatic heterocycles. The Morgan fingerprint density at radius 2 is 1.89 bits per heavy atom. The number of rotatable bonds is 3. The predicted octanol–water partition coefficient (Wildman–Crippen LogP) is 3.04. The third-order valence-corrected chi connectivity index (χ3v) is 2.89. The summed E-state index contributed by atoms with van der Waals surface area (Å²) in [4.78, 5) is 19.8. The second kappa shape index (κ2) is 5.86. The van der Waals surface area contributed by atoms with Gasteiger partial charge in [0.25, 0.3) is 5.91 Å². The minimum Gasteiger partial charge on any atom is -0.495 e. The van der Waals surface area contributed by atoms with Gasteiger partial charge in [-0.05, 0) is 12.1 Å². The molecule has 98 valence electrons. The van der Waals surface area contributed by atoms with Gasteiger partial charge in [-0.2, -0.15) is 0 Å². The summed E-state index contributed by atoms with van der Waals surface area (Å²) in [5.74, 6) is 0.149. The van der Waals surface area contributed by atoms with Crippen LogP contribution in [-0.2, 0) is 0 Å². The van der Waals surface area contributed by atoms with E-state index in [1.807, 2.05) is 0 Å². The van der Waals surface area contributed by atoms with Gasteiger partial charge in [0, 0.05) is 18.5 Å². The van der Waals surface area contributed by atoms with E-state index in [0.29, 0.717) is 10.8 Å². The third-order valence-electron chi connectivity index (χ3n) is 2.28. The summed E-state index contributed by atoms with van der Waals surface area (Å²) in [5, 5.41) is 3.05. The largest absolute Gasteiger partial charge is 0.495 e. The molecule has 0 radical (unpaired) electrons. The molecule has 2 aromatic rings. The minimum atomic E-state index is -0.444. The molecule has 1 aromatic heterocycles. The summed E-state index contributed by atoms with van der Waals surface area (Å²) in [7, 11) is 1.47. The van der Waals surface area contributed by atoms with Crippen LogP contribution in [0.1, 0.15) is 10.4 Å². The van der Waals surface area contributed by atoms with Crippen molar-refractivity contribution in [2.45, 2.75) is 0 Å². The molecule has 1 N–H and O–H groups in total. The maximum absolute atomic E-state index is 12.0. The second-order valence-corrected chi connectivity index (χ2v) is 4.31. The van der Waals surface area contributed by atoms with Crippen LogP contribution < -0.4 is 10.1 Å². The predicted molar refractivity (Wildman–Crippen MR) is 73.0 cm³/mol. The molecule has 0 fully saturated rings. The van der Waals surface area contributed by atoms with Crippen LogP contribution in [0.3, 0.4) is 0 Å². The average Bonchev–Trinajstić information content (AvgIpc) is 2.42. The Morgan fingerprint density at radius 3 is 2.53 bits per heavy atom. The number of halogens is 2. The zero-order valence-corrected chi connectivity index (χ0v) is 11.4. The van der Waals surface area contributed by atoms with Gasteiger partial charge in [0.05, 0.1) is 22.7 Å². The second-order valence-electron chi connectivity index (χ2n) is 3.49. The lowest BCUT2D eigenvalue weighted by Gasteiger charge is -2.08. The number of nitrogens with one attached hydrogen (secondary N) is 1. The molecule has 1 heterocycles. The van der Waals surface area contributed by atoms with Crippen LogP contribution in [0.15, 0.2) is 30.6 Å². The Bertz CT molecular complexity index is 605. The Balaban J connectivity index is 2.27. The molecule has 2 rings (SSSR count). The third kappa shape index (κ3) is 3.13. The SMILES string of the molecule is COc1cc(Cl)c(C(=O)Nc2ncccn2)cc1Cl. The fourth-order valence-electron chi connectivity index (χ4n) is 1.39. The number of hydrogen-bond acceptors (Lipinski definition) is 4. The zero-order valence-electron chi connectivity index (χ0n) is 9.85. The van der Waals surface area contributed by atoms with Crippen LogP contribution in [-0.4, -0.2) is 23.0 Å². The minimum absolute atomic E-state index is 0.190. The number of carbonyl (C=O) groups is 1. The van der Waals surface area contributed by atoms with Gasteiger partial charge in [0.15, 0.2) is 0 Å². The van der Waals surface area contributed by atoms with Crippen LogP contribution in [0.5, 0.6) is 5.75 Å². The fraction of sp³-hybridized carbons (Fsp3) is 0.0833. The van der Waals surface area contributed by atoms with E-state index in [-0.39, 0.29) is 16.5 Å². The monoisotopic (exact) mass is 297 g/mol. The van der Waals surface area contributed by atoms with Gasteiger partial charge in [0.2, 0.25) is 5.95 Å². The molecule has 0 bridgehead atoms. The van der Waals surface area contributed by atoms with E-state index in [0.717, 1.165) is 0 Å². The first-order valence-electron chi connectivity index (χ1n) is 5.23. The number of aromatic nitrogens is 2. The van der Waals surface area contributed by atoms with E-state index in [2.05, 4.69) is 15.3 Å². The molecular weight excluding hydrogens is 289 g/mol. The Morgan fingerprint density at radius 1 is 1.21 bits per heavy atom. The maximum atomic E-state index is 12.0. The Hall–Kier alpha value is -1.85. The smallest absolute Gasteiger partial charge is 0.259 e. The van der Waals surface area contributed by atoms with E-state index in [1.165, 1.54) is 31.6 Å². The molecule has 0 saturated carbocycles. The van der Waals surface area contributed by atoms with Crippen LogP contribution in [0, 0.1) is 0 Å². The Kier molecular flexibility index (Phi) is 4.19. The molecular formula is C12H9Cl2N3O2. The molecule has 0 aliphatic carbocycles. The molecule has 19 heavy (non-hydrogen) atoms. The Labute approximate surface area is 119 Å². The lowest BCUT2D eigenvalue weighted by molar-refractivity contribution is 0.102. The van der Waals surface area contributed by atoms with E-state index in [1.54, 1.807) is 6.07 Å². The standard InChI is InChI=1S/C12H9Cl2N3O2/c1-19-10-6-8(13)7(5-9(10)14)11(18)17-12-15-3-2-4-16-12/h2-6H,1H3,(H,15,16,17,18). The molecule has 7 heteroatoms. The van der Waals surface area contributed by atoms with Crippen molar-refractivity contribution in [2.75, 3.05) is 12.4 Å². The van der Waals surface area contributed by atoms with Gasteiger partial charge in [0.1, 0.15) is 5.75 Å². The van der Waals surface area contributed by atoms with E-state index < -0.39 is 5.91 Å². The average molecular weight is 298 g/mol. The molecule has 1 amide bonds. The van der Waals surface area contributed by atoms with Gasteiger partial charge < -0.3 is 4.74 Å². The first-order valence-corrected chi connectivity index (χ1v) is 5.99. The lowest BCUT2D eigenvalue weighted by Crippen LogP contribution is -2.14. The highest BCUT2D eigenvalue weighted by Gasteiger charge is 2.15. The van der Waals surface area contributed by atoms with E-state index >= 15 is 0 Å². The van der Waals surface area contributed by atoms with Gasteiger partial charge in [-0.3, -0.25) is 10.1 Å². The van der Waals surface area contributed by atoms with Crippen molar-refractivity contribution >= 4 is 35.1 Å². The first kappa shape index (κ1) is 13.6. The number of amides is 1. The quantitative estimate of drug-likeness (QED) is 0.946. The van der Waals surface area contributed by atoms with Crippen molar-refractivity contribution in [3.8, 4) is 5.75 Å². The van der Waals surface area contributed by atoms with Crippen molar-refractivity contribution in [2.24, 2.45) is 0 Å². The van der Waals surface area contributed by atoms with Gasteiger partial charge in [-0.15, -0.1) is 0 Å². The first-order chi connectivity index (χ1) is 9.11. The summed E-state index contributed by atoms with van der Waals surface area (Å²) in [6.45, 7) is 0. The van der Waals surface area contributed by atoms with Gasteiger partial charge in [-0.1, -0.05) is 23.2 Å². The normalized spacial score (nSPS) is 10.1. The summed E-state index contributed by atoms with van der Waals surface area (Å²) in [6, 6.07) is 4.55. The van der Waals surface area contributed by atoms with Crippen molar-refractivity contribution in [1.29, 1.82) is 0 Å². The number of nitrogens with zero attached hydrogens (tertiary/aromatic N) is 2. The van der Waals surface area contributed by atoms with E-state index in [4.69, 9.17) is 27.9 Å². The molecule has 0 atom stereocenters. The van der Waals surface area contributed by atoms with Crippen LogP contribution >= 0.6 is 23.2 Å². The number of benzene rings is 1. The van der Waals surface area contributed by atoms with Crippen LogP contribution in [0.2, 0.25) is 10.0 Å². The summed E-state index contributed by atoms with van der Waals surface area (Å²) >= 11 is 12.0. The summed E-state index contributed by atoms with van der Waals surface area (Å²) < 4.78 is 5.01. The number of anilines is 1. The molecule has 1 aromatic carbocycles. The molecule has 0 unspecified atom stereocenters. The topological polar surface area (TPSA) is 64.1 Å². The lowest BCUT2D eigenvalue weighted by atomic mass is 10.2. The fourth-order valence-corrected chi connectivity index (χ4v) is 1.87. The number of ether oxygens (including phenoxy) is 1. The van der Waals surface area contributed by atoms with Crippen molar-refractivity contribution in [3.05, 3.63) is 46.2 Å².